The Balaban J connectivity index is 1.46. The Morgan fingerprint density at radius 1 is 0.629 bits per heavy atom. The van der Waals surface area contributed by atoms with E-state index in [4.69, 9.17) is 9.47 Å². The van der Waals surface area contributed by atoms with Crippen molar-refractivity contribution in [1.29, 1.82) is 0 Å². The minimum atomic E-state index is -1.47. The van der Waals surface area contributed by atoms with Gasteiger partial charge in [-0.25, -0.2) is 17.6 Å². The summed E-state index contributed by atoms with van der Waals surface area (Å²) in [6.07, 6.45) is 0. The maximum Gasteiger partial charge on any atom is 0.222 e. The average molecular weight is 590 g/mol. The van der Waals surface area contributed by atoms with Gasteiger partial charge < -0.3 is 9.47 Å². The van der Waals surface area contributed by atoms with Crippen molar-refractivity contribution in [1.82, 2.24) is 0 Å². The second kappa shape index (κ2) is 9.72. The molecule has 0 unspecified atom stereocenters. The first-order valence-electron chi connectivity index (χ1n) is 10.9. The van der Waals surface area contributed by atoms with E-state index in [2.05, 4.69) is 22.6 Å². The van der Waals surface area contributed by atoms with Crippen molar-refractivity contribution in [3.8, 4) is 11.1 Å². The van der Waals surface area contributed by atoms with E-state index in [9.17, 15) is 8.78 Å². The number of benzene rings is 4. The molecule has 2 nitrogen and oxygen atoms in total. The second-order valence-corrected chi connectivity index (χ2v) is 9.56. The summed E-state index contributed by atoms with van der Waals surface area (Å²) in [5, 5.41) is 0. The minimum Gasteiger partial charge on any atom is -0.341 e. The zero-order chi connectivity index (χ0) is 24.6. The highest BCUT2D eigenvalue weighted by Gasteiger charge is 2.42. The Hall–Kier alpha value is -2.75. The van der Waals surface area contributed by atoms with E-state index in [1.54, 1.807) is 0 Å². The quantitative estimate of drug-likeness (QED) is 0.181. The first kappa shape index (κ1) is 24.0. The van der Waals surface area contributed by atoms with Gasteiger partial charge in [0.1, 0.15) is 23.3 Å². The van der Waals surface area contributed by atoms with Gasteiger partial charge in [-0.3, -0.25) is 0 Å². The lowest BCUT2D eigenvalue weighted by Gasteiger charge is -2.41. The average Bonchev–Trinajstić information content (AvgIpc) is 2.85. The molecular weight excluding hydrogens is 571 g/mol. The van der Waals surface area contributed by atoms with Crippen LogP contribution in [0.25, 0.3) is 11.1 Å². The Labute approximate surface area is 213 Å². The van der Waals surface area contributed by atoms with Crippen molar-refractivity contribution in [3.05, 3.63) is 128 Å². The second-order valence-electron chi connectivity index (χ2n) is 8.31. The third kappa shape index (κ3) is 4.72. The van der Waals surface area contributed by atoms with E-state index in [0.717, 1.165) is 3.57 Å². The number of hydrogen-bond donors (Lipinski definition) is 0. The Morgan fingerprint density at radius 2 is 1.09 bits per heavy atom. The Bertz CT molecular complexity index is 1260. The predicted molar refractivity (Wildman–Crippen MR) is 133 cm³/mol. The molecule has 7 heteroatoms. The fourth-order valence-electron chi connectivity index (χ4n) is 4.31. The monoisotopic (exact) mass is 590 g/mol. The van der Waals surface area contributed by atoms with Gasteiger partial charge in [-0.15, -0.1) is 0 Å². The van der Waals surface area contributed by atoms with E-state index < -0.39 is 35.0 Å². The summed E-state index contributed by atoms with van der Waals surface area (Å²) in [6, 6.07) is 21.1. The third-order valence-electron chi connectivity index (χ3n) is 6.09. The molecule has 0 radical (unpaired) electrons. The normalized spacial score (nSPS) is 15.8. The van der Waals surface area contributed by atoms with Crippen LogP contribution in [0.3, 0.4) is 0 Å². The molecule has 0 aromatic heterocycles. The molecule has 5 rings (SSSR count). The van der Waals surface area contributed by atoms with Crippen molar-refractivity contribution in [2.24, 2.45) is 0 Å². The first-order valence-corrected chi connectivity index (χ1v) is 12.0. The van der Waals surface area contributed by atoms with Crippen molar-refractivity contribution < 1.29 is 27.0 Å². The fraction of sp³-hybridized carbons (Fsp3) is 0.143. The van der Waals surface area contributed by atoms with Gasteiger partial charge in [0, 0.05) is 26.2 Å². The lowest BCUT2D eigenvalue weighted by molar-refractivity contribution is -0.257. The summed E-state index contributed by atoms with van der Waals surface area (Å²) in [5.74, 6) is -4.43. The smallest absolute Gasteiger partial charge is 0.222 e. The predicted octanol–water partition coefficient (Wildman–Crippen LogP) is 7.55. The summed E-state index contributed by atoms with van der Waals surface area (Å²) in [5.41, 5.74) is 1.99. The molecular formula is C28H19F4IO2. The molecule has 35 heavy (non-hydrogen) atoms. The number of hydrogen-bond acceptors (Lipinski definition) is 2. The number of halogens is 5. The van der Waals surface area contributed by atoms with Gasteiger partial charge in [-0.2, -0.15) is 0 Å². The zero-order valence-electron chi connectivity index (χ0n) is 18.3. The molecule has 0 N–H and O–H groups in total. The van der Waals surface area contributed by atoms with Crippen LogP contribution in [0.1, 0.15) is 22.6 Å². The Morgan fingerprint density at radius 3 is 1.54 bits per heavy atom. The standard InChI is InChI=1S/C28H19F4IO2/c29-22-7-3-20(4-8-22)28(21-5-9-23(30)10-6-21)34-15-19(16-35-28)27-25(31)13-18(14-26(27)32)17-1-11-24(33)12-2-17/h1-14,19H,15-16H2. The van der Waals surface area contributed by atoms with Gasteiger partial charge in [-0.05, 0) is 82.2 Å². The van der Waals surface area contributed by atoms with Crippen molar-refractivity contribution >= 4 is 22.6 Å². The largest absolute Gasteiger partial charge is 0.341 e. The molecule has 0 atom stereocenters. The lowest BCUT2D eigenvalue weighted by atomic mass is 9.92. The lowest BCUT2D eigenvalue weighted by Crippen LogP contribution is -2.42. The van der Waals surface area contributed by atoms with E-state index in [1.165, 1.54) is 60.7 Å². The maximum atomic E-state index is 15.2. The maximum absolute atomic E-state index is 15.2. The van der Waals surface area contributed by atoms with Gasteiger partial charge in [0.05, 0.1) is 13.2 Å². The van der Waals surface area contributed by atoms with Crippen LogP contribution in [0.15, 0.2) is 84.9 Å². The molecule has 1 saturated heterocycles. The molecule has 1 aliphatic heterocycles. The highest BCUT2D eigenvalue weighted by Crippen LogP contribution is 2.42. The first-order chi connectivity index (χ1) is 16.9. The fourth-order valence-corrected chi connectivity index (χ4v) is 4.67. The molecule has 1 aliphatic rings. The third-order valence-corrected chi connectivity index (χ3v) is 6.81. The highest BCUT2D eigenvalue weighted by molar-refractivity contribution is 14.1. The number of ether oxygens (including phenoxy) is 2. The topological polar surface area (TPSA) is 18.5 Å². The van der Waals surface area contributed by atoms with E-state index >= 15 is 8.78 Å². The van der Waals surface area contributed by atoms with E-state index in [1.807, 2.05) is 24.3 Å². The Kier molecular flexibility index (Phi) is 6.65. The zero-order valence-corrected chi connectivity index (χ0v) is 20.4. The van der Waals surface area contributed by atoms with Crippen LogP contribution in [0, 0.1) is 26.8 Å². The van der Waals surface area contributed by atoms with Gasteiger partial charge >= 0.3 is 0 Å². The highest BCUT2D eigenvalue weighted by atomic mass is 127. The molecule has 0 bridgehead atoms. The summed E-state index contributed by atoms with van der Waals surface area (Å²) < 4.78 is 70.7. The molecule has 0 spiro atoms. The van der Waals surface area contributed by atoms with Gasteiger partial charge in [0.15, 0.2) is 0 Å². The summed E-state index contributed by atoms with van der Waals surface area (Å²) >= 11 is 2.16. The molecule has 4 aromatic rings. The van der Waals surface area contributed by atoms with Crippen LogP contribution in [-0.2, 0) is 15.3 Å². The molecule has 178 valence electrons. The van der Waals surface area contributed by atoms with Crippen LogP contribution in [0.2, 0.25) is 0 Å². The molecule has 1 fully saturated rings. The van der Waals surface area contributed by atoms with Crippen LogP contribution in [0.5, 0.6) is 0 Å². The number of rotatable bonds is 4. The van der Waals surface area contributed by atoms with Crippen molar-refractivity contribution in [3.63, 3.8) is 0 Å². The summed E-state index contributed by atoms with van der Waals surface area (Å²) in [4.78, 5) is 0. The summed E-state index contributed by atoms with van der Waals surface area (Å²) in [7, 11) is 0. The van der Waals surface area contributed by atoms with E-state index in [0.29, 0.717) is 22.3 Å². The SMILES string of the molecule is Fc1ccc(C2(c3ccc(F)cc3)OCC(c3c(F)cc(-c4ccc(I)cc4)cc3F)CO2)cc1. The van der Waals surface area contributed by atoms with Gasteiger partial charge in [0.2, 0.25) is 5.79 Å². The van der Waals surface area contributed by atoms with E-state index in [-0.39, 0.29) is 18.8 Å². The van der Waals surface area contributed by atoms with Crippen LogP contribution in [0.4, 0.5) is 17.6 Å². The molecule has 0 saturated carbocycles. The minimum absolute atomic E-state index is 0.0640. The molecule has 0 aliphatic carbocycles. The summed E-state index contributed by atoms with van der Waals surface area (Å²) in [6.45, 7) is -0.128. The van der Waals surface area contributed by atoms with Gasteiger partial charge in [0.25, 0.3) is 0 Å². The van der Waals surface area contributed by atoms with Crippen LogP contribution in [-0.4, -0.2) is 13.2 Å². The van der Waals surface area contributed by atoms with Crippen molar-refractivity contribution in [2.45, 2.75) is 11.7 Å². The van der Waals surface area contributed by atoms with Crippen molar-refractivity contribution in [2.75, 3.05) is 13.2 Å². The molecule has 1 heterocycles. The van der Waals surface area contributed by atoms with Crippen LogP contribution >= 0.6 is 22.6 Å². The molecule has 0 amide bonds. The molecule has 4 aromatic carbocycles. The van der Waals surface area contributed by atoms with Crippen LogP contribution < -0.4 is 0 Å². The van der Waals surface area contributed by atoms with Gasteiger partial charge in [-0.1, -0.05) is 36.4 Å².